The number of hydrogen-bond donors (Lipinski definition) is 2. The maximum Gasteiger partial charge on any atom is 0.416 e. The molecule has 0 heterocycles. The molecule has 3 aromatic rings. The van der Waals surface area contributed by atoms with Gasteiger partial charge in [0.2, 0.25) is 0 Å². The largest absolute Gasteiger partial charge is 0.483 e. The van der Waals surface area contributed by atoms with Crippen LogP contribution in [0.25, 0.3) is 0 Å². The van der Waals surface area contributed by atoms with E-state index in [0.29, 0.717) is 11.4 Å². The van der Waals surface area contributed by atoms with Crippen molar-refractivity contribution in [1.29, 1.82) is 0 Å². The van der Waals surface area contributed by atoms with Gasteiger partial charge in [0.05, 0.1) is 5.56 Å². The number of carbonyl (C=O) groups is 2. The molecule has 0 spiro atoms. The van der Waals surface area contributed by atoms with E-state index in [0.717, 1.165) is 17.7 Å². The number of hydrogen-bond acceptors (Lipinski definition) is 3. The summed E-state index contributed by atoms with van der Waals surface area (Å²) < 4.78 is 44.6. The fraction of sp³-hybridized carbons (Fsp3) is 0.333. The van der Waals surface area contributed by atoms with E-state index in [1.807, 2.05) is 12.1 Å². The molecule has 0 aromatic heterocycles. The smallest absolute Gasteiger partial charge is 0.416 e. The number of rotatable bonds is 6. The van der Waals surface area contributed by atoms with Gasteiger partial charge in [0.15, 0.2) is 6.61 Å². The summed E-state index contributed by atoms with van der Waals surface area (Å²) >= 11 is 0. The highest BCUT2D eigenvalue weighted by Crippen LogP contribution is 2.35. The first-order valence-electron chi connectivity index (χ1n) is 12.2. The van der Waals surface area contributed by atoms with E-state index in [1.165, 1.54) is 42.0 Å². The van der Waals surface area contributed by atoms with Crippen LogP contribution in [-0.2, 0) is 21.8 Å². The first-order chi connectivity index (χ1) is 17.5. The van der Waals surface area contributed by atoms with Gasteiger partial charge in [-0.1, -0.05) is 59.7 Å². The molecule has 0 unspecified atom stereocenters. The van der Waals surface area contributed by atoms with Gasteiger partial charge in [0.1, 0.15) is 5.75 Å². The summed E-state index contributed by atoms with van der Waals surface area (Å²) in [6.07, 6.45) is -4.51. The number of alkyl halides is 3. The molecule has 0 radical (unpaired) electrons. The monoisotopic (exact) mass is 526 g/mol. The van der Waals surface area contributed by atoms with Gasteiger partial charge in [-0.05, 0) is 70.5 Å². The van der Waals surface area contributed by atoms with Crippen LogP contribution in [0.3, 0.4) is 0 Å². The lowest BCUT2D eigenvalue weighted by molar-refractivity contribution is -0.137. The molecule has 8 heteroatoms. The molecule has 0 aliphatic rings. The van der Waals surface area contributed by atoms with Gasteiger partial charge < -0.3 is 15.4 Å². The van der Waals surface area contributed by atoms with Crippen molar-refractivity contribution in [3.63, 3.8) is 0 Å². The minimum atomic E-state index is -4.51. The summed E-state index contributed by atoms with van der Waals surface area (Å²) in [6.45, 7) is 12.5. The van der Waals surface area contributed by atoms with Crippen molar-refractivity contribution in [3.05, 3.63) is 89.0 Å². The average molecular weight is 527 g/mol. The molecule has 0 fully saturated rings. The summed E-state index contributed by atoms with van der Waals surface area (Å²) in [5.74, 6) is -0.299. The second kappa shape index (κ2) is 10.9. The normalized spacial score (nSPS) is 12.1. The molecule has 38 heavy (non-hydrogen) atoms. The highest BCUT2D eigenvalue weighted by molar-refractivity contribution is 6.04. The zero-order chi connectivity index (χ0) is 28.3. The highest BCUT2D eigenvalue weighted by atomic mass is 19.4. The molecule has 2 N–H and O–H groups in total. The Morgan fingerprint density at radius 2 is 1.39 bits per heavy atom. The lowest BCUT2D eigenvalue weighted by Crippen LogP contribution is -2.23. The predicted molar refractivity (Wildman–Crippen MR) is 144 cm³/mol. The second-order valence-electron chi connectivity index (χ2n) is 11.2. The molecule has 0 aliphatic heterocycles. The molecule has 0 bridgehead atoms. The van der Waals surface area contributed by atoms with Crippen LogP contribution in [0.1, 0.15) is 68.6 Å². The van der Waals surface area contributed by atoms with E-state index < -0.39 is 17.6 Å². The Bertz CT molecular complexity index is 1300. The molecule has 202 valence electrons. The Morgan fingerprint density at radius 1 is 0.737 bits per heavy atom. The molecule has 3 rings (SSSR count). The molecule has 0 saturated carbocycles. The van der Waals surface area contributed by atoms with E-state index in [2.05, 4.69) is 58.2 Å². The highest BCUT2D eigenvalue weighted by Gasteiger charge is 2.30. The molecule has 0 atom stereocenters. The SMILES string of the molecule is CC(C)(C)c1ccc(OCC(=O)Nc2ccc(C(=O)Nc3cccc(C(F)(F)F)c3)cc2)c(C(C)(C)C)c1. The summed E-state index contributed by atoms with van der Waals surface area (Å²) in [4.78, 5) is 25.0. The van der Waals surface area contributed by atoms with Crippen LogP contribution >= 0.6 is 0 Å². The van der Waals surface area contributed by atoms with Gasteiger partial charge in [-0.2, -0.15) is 13.2 Å². The van der Waals surface area contributed by atoms with Gasteiger partial charge in [0.25, 0.3) is 11.8 Å². The molecule has 0 saturated heterocycles. The van der Waals surface area contributed by atoms with Crippen molar-refractivity contribution in [3.8, 4) is 5.75 Å². The standard InChI is InChI=1S/C30H33F3N2O3/c1-28(2,3)20-12-15-25(24(17-20)29(4,5)6)38-18-26(36)34-22-13-10-19(11-14-22)27(37)35-23-9-7-8-21(16-23)30(31,32)33/h7-17H,18H2,1-6H3,(H,34,36)(H,35,37). The third-order valence-electron chi connectivity index (χ3n) is 5.89. The van der Waals surface area contributed by atoms with Gasteiger partial charge in [-0.15, -0.1) is 0 Å². The summed E-state index contributed by atoms with van der Waals surface area (Å²) in [5.41, 5.74) is 1.84. The Morgan fingerprint density at radius 3 is 1.97 bits per heavy atom. The maximum atomic E-state index is 12.9. The minimum Gasteiger partial charge on any atom is -0.483 e. The van der Waals surface area contributed by atoms with Gasteiger partial charge in [0, 0.05) is 16.9 Å². The second-order valence-corrected chi connectivity index (χ2v) is 11.2. The van der Waals surface area contributed by atoms with Crippen LogP contribution in [0.4, 0.5) is 24.5 Å². The quantitative estimate of drug-likeness (QED) is 0.348. The van der Waals surface area contributed by atoms with Crippen molar-refractivity contribution in [2.75, 3.05) is 17.2 Å². The molecule has 5 nitrogen and oxygen atoms in total. The van der Waals surface area contributed by atoms with Crippen LogP contribution in [0.5, 0.6) is 5.75 Å². The number of benzene rings is 3. The number of anilines is 2. The molecule has 2 amide bonds. The van der Waals surface area contributed by atoms with E-state index in [-0.39, 0.29) is 34.6 Å². The van der Waals surface area contributed by atoms with E-state index in [1.54, 1.807) is 0 Å². The van der Waals surface area contributed by atoms with Gasteiger partial charge in [-0.3, -0.25) is 9.59 Å². The zero-order valence-corrected chi connectivity index (χ0v) is 22.4. The van der Waals surface area contributed by atoms with Crippen molar-refractivity contribution in [2.45, 2.75) is 58.5 Å². The van der Waals surface area contributed by atoms with Crippen LogP contribution in [-0.4, -0.2) is 18.4 Å². The van der Waals surface area contributed by atoms with Crippen LogP contribution in [0, 0.1) is 0 Å². The number of carbonyl (C=O) groups excluding carboxylic acids is 2. The first-order valence-corrected chi connectivity index (χ1v) is 12.2. The van der Waals surface area contributed by atoms with Gasteiger partial charge in [-0.25, -0.2) is 0 Å². The fourth-order valence-corrected chi connectivity index (χ4v) is 3.73. The van der Waals surface area contributed by atoms with E-state index in [9.17, 15) is 22.8 Å². The summed E-state index contributed by atoms with van der Waals surface area (Å²) in [6, 6.07) is 16.5. The molecule has 3 aromatic carbocycles. The lowest BCUT2D eigenvalue weighted by Gasteiger charge is -2.27. The summed E-state index contributed by atoms with van der Waals surface area (Å²) in [5, 5.41) is 5.18. The van der Waals surface area contributed by atoms with Crippen molar-refractivity contribution >= 4 is 23.2 Å². The molecular weight excluding hydrogens is 493 g/mol. The number of amides is 2. The molecular formula is C30H33F3N2O3. The van der Waals surface area contributed by atoms with E-state index >= 15 is 0 Å². The zero-order valence-electron chi connectivity index (χ0n) is 22.4. The van der Waals surface area contributed by atoms with Gasteiger partial charge >= 0.3 is 6.18 Å². The van der Waals surface area contributed by atoms with E-state index in [4.69, 9.17) is 4.74 Å². The van der Waals surface area contributed by atoms with Crippen LogP contribution in [0.15, 0.2) is 66.7 Å². The van der Waals surface area contributed by atoms with Crippen LogP contribution in [0.2, 0.25) is 0 Å². The third-order valence-corrected chi connectivity index (χ3v) is 5.89. The number of halogens is 3. The fourth-order valence-electron chi connectivity index (χ4n) is 3.73. The minimum absolute atomic E-state index is 0.0218. The Hall–Kier alpha value is -3.81. The molecule has 0 aliphatic carbocycles. The maximum absolute atomic E-state index is 12.9. The van der Waals surface area contributed by atoms with Crippen molar-refractivity contribution < 1.29 is 27.5 Å². The number of nitrogens with one attached hydrogen (secondary N) is 2. The summed E-state index contributed by atoms with van der Waals surface area (Å²) in [7, 11) is 0. The first kappa shape index (κ1) is 28.8. The number of ether oxygens (including phenoxy) is 1. The Kier molecular flexibility index (Phi) is 8.24. The topological polar surface area (TPSA) is 67.4 Å². The van der Waals surface area contributed by atoms with Crippen molar-refractivity contribution in [2.24, 2.45) is 0 Å². The predicted octanol–water partition coefficient (Wildman–Crippen LogP) is 7.57. The average Bonchev–Trinajstić information content (AvgIpc) is 2.81. The Balaban J connectivity index is 1.62. The van der Waals surface area contributed by atoms with Crippen molar-refractivity contribution in [1.82, 2.24) is 0 Å². The third kappa shape index (κ3) is 7.60. The lowest BCUT2D eigenvalue weighted by atomic mass is 9.80. The Labute approximate surface area is 221 Å². The van der Waals surface area contributed by atoms with Crippen LogP contribution < -0.4 is 15.4 Å².